The first-order valence-electron chi connectivity index (χ1n) is 10.9. The first-order valence-corrected chi connectivity index (χ1v) is 10.9. The summed E-state index contributed by atoms with van der Waals surface area (Å²) in [6.07, 6.45) is 2.68. The van der Waals surface area contributed by atoms with Gasteiger partial charge in [0, 0.05) is 12.7 Å². The third-order valence-corrected chi connectivity index (χ3v) is 5.34. The lowest BCUT2D eigenvalue weighted by Gasteiger charge is -2.11. The number of nitrogens with one attached hydrogen (secondary N) is 1. The number of carbonyl (C=O) groups excluding carboxylic acids is 1. The summed E-state index contributed by atoms with van der Waals surface area (Å²) < 4.78 is 25.6. The Morgan fingerprint density at radius 1 is 1.14 bits per heavy atom. The number of carbonyl (C=O) groups is 1. The molecule has 4 rings (SSSR count). The number of aryl methyl sites for hydroxylation is 1. The molecule has 0 saturated carbocycles. The second-order valence-corrected chi connectivity index (χ2v) is 7.78. The maximum atomic E-state index is 13.3. The molecule has 0 aliphatic heterocycles. The summed E-state index contributed by atoms with van der Waals surface area (Å²) in [5, 5.41) is 12.3. The molecule has 2 aromatic heterocycles. The third kappa shape index (κ3) is 5.23. The van der Waals surface area contributed by atoms with E-state index in [0.29, 0.717) is 17.0 Å². The molecule has 0 aliphatic rings. The van der Waals surface area contributed by atoms with Gasteiger partial charge < -0.3 is 14.8 Å². The SMILES string of the molecule is COc1ccc(CNC(=O)/C(C#N)=C/c2c(Oc3ccc(F)cc3)nc3c(C)cccn3c2=O)cc1. The van der Waals surface area contributed by atoms with Crippen molar-refractivity contribution in [1.82, 2.24) is 14.7 Å². The molecule has 1 N–H and O–H groups in total. The van der Waals surface area contributed by atoms with Crippen LogP contribution >= 0.6 is 0 Å². The van der Waals surface area contributed by atoms with Gasteiger partial charge in [-0.1, -0.05) is 18.2 Å². The predicted molar refractivity (Wildman–Crippen MR) is 131 cm³/mol. The van der Waals surface area contributed by atoms with Gasteiger partial charge in [0.2, 0.25) is 5.88 Å². The van der Waals surface area contributed by atoms with Crippen LogP contribution in [0.3, 0.4) is 0 Å². The van der Waals surface area contributed by atoms with Crippen molar-refractivity contribution >= 4 is 17.6 Å². The lowest BCUT2D eigenvalue weighted by Crippen LogP contribution is -2.25. The maximum Gasteiger partial charge on any atom is 0.269 e. The van der Waals surface area contributed by atoms with E-state index in [4.69, 9.17) is 9.47 Å². The fraction of sp³-hybridized carbons (Fsp3) is 0.111. The minimum absolute atomic E-state index is 0.0985. The summed E-state index contributed by atoms with van der Waals surface area (Å²) in [5.74, 6) is -0.328. The maximum absolute atomic E-state index is 13.3. The number of nitrogens with zero attached hydrogens (tertiary/aromatic N) is 3. The number of nitriles is 1. The van der Waals surface area contributed by atoms with Gasteiger partial charge in [-0.2, -0.15) is 10.2 Å². The Morgan fingerprint density at radius 3 is 2.50 bits per heavy atom. The summed E-state index contributed by atoms with van der Waals surface area (Å²) >= 11 is 0. The van der Waals surface area contributed by atoms with Crippen molar-refractivity contribution in [2.75, 3.05) is 7.11 Å². The number of fused-ring (bicyclic) bond motifs is 1. The molecule has 0 bridgehead atoms. The molecular formula is C27H21FN4O4. The number of aromatic nitrogens is 2. The van der Waals surface area contributed by atoms with Gasteiger partial charge in [-0.25, -0.2) is 4.39 Å². The predicted octanol–water partition coefficient (Wildman–Crippen LogP) is 4.17. The number of pyridine rings is 1. The van der Waals surface area contributed by atoms with Crippen LogP contribution in [0.25, 0.3) is 11.7 Å². The number of halogens is 1. The molecular weight excluding hydrogens is 463 g/mol. The number of hydrogen-bond acceptors (Lipinski definition) is 6. The van der Waals surface area contributed by atoms with Gasteiger partial charge in [-0.15, -0.1) is 0 Å². The van der Waals surface area contributed by atoms with E-state index in [1.807, 2.05) is 6.07 Å². The Balaban J connectivity index is 1.71. The fourth-order valence-corrected chi connectivity index (χ4v) is 3.42. The van der Waals surface area contributed by atoms with Crippen LogP contribution in [0.15, 0.2) is 77.2 Å². The van der Waals surface area contributed by atoms with Gasteiger partial charge >= 0.3 is 0 Å². The largest absolute Gasteiger partial charge is 0.497 e. The van der Waals surface area contributed by atoms with Crippen LogP contribution in [0.5, 0.6) is 17.4 Å². The standard InChI is InChI=1S/C27H21FN4O4/c1-17-4-3-13-32-24(17)31-26(36-22-11-7-20(28)8-12-22)23(27(32)34)14-19(15-29)25(33)30-16-18-5-9-21(35-2)10-6-18/h3-14H,16H2,1-2H3,(H,30,33)/b19-14+. The quantitative estimate of drug-likeness (QED) is 0.312. The van der Waals surface area contributed by atoms with Crippen LogP contribution in [0.2, 0.25) is 0 Å². The number of ether oxygens (including phenoxy) is 2. The Bertz CT molecular complexity index is 1550. The normalized spacial score (nSPS) is 11.1. The molecule has 9 heteroatoms. The van der Waals surface area contributed by atoms with Crippen molar-refractivity contribution < 1.29 is 18.7 Å². The molecule has 2 aromatic carbocycles. The molecule has 0 spiro atoms. The molecule has 0 atom stereocenters. The molecule has 0 unspecified atom stereocenters. The Labute approximate surface area is 205 Å². The van der Waals surface area contributed by atoms with Crippen molar-refractivity contribution in [1.29, 1.82) is 5.26 Å². The van der Waals surface area contributed by atoms with Crippen LogP contribution in [-0.4, -0.2) is 22.4 Å². The van der Waals surface area contributed by atoms with Gasteiger partial charge in [0.25, 0.3) is 11.5 Å². The molecule has 8 nitrogen and oxygen atoms in total. The van der Waals surface area contributed by atoms with E-state index in [0.717, 1.165) is 11.6 Å². The lowest BCUT2D eigenvalue weighted by atomic mass is 10.1. The molecule has 180 valence electrons. The highest BCUT2D eigenvalue weighted by atomic mass is 19.1. The number of hydrogen-bond donors (Lipinski definition) is 1. The van der Waals surface area contributed by atoms with Crippen molar-refractivity contribution in [3.8, 4) is 23.4 Å². The first kappa shape index (κ1) is 24.2. The zero-order valence-corrected chi connectivity index (χ0v) is 19.5. The summed E-state index contributed by atoms with van der Waals surface area (Å²) in [5.41, 5.74) is 0.921. The van der Waals surface area contributed by atoms with Gasteiger partial charge in [0.15, 0.2) is 0 Å². The average Bonchev–Trinajstić information content (AvgIpc) is 2.89. The fourth-order valence-electron chi connectivity index (χ4n) is 3.42. The van der Waals surface area contributed by atoms with E-state index in [9.17, 15) is 19.2 Å². The molecule has 0 aliphatic carbocycles. The Kier molecular flexibility index (Phi) is 7.07. The molecule has 0 fully saturated rings. The highest BCUT2D eigenvalue weighted by molar-refractivity contribution is 6.01. The number of amides is 1. The lowest BCUT2D eigenvalue weighted by molar-refractivity contribution is -0.117. The number of rotatable bonds is 7. The van der Waals surface area contributed by atoms with Crippen molar-refractivity contribution in [2.24, 2.45) is 0 Å². The first-order chi connectivity index (χ1) is 17.4. The summed E-state index contributed by atoms with van der Waals surface area (Å²) in [6, 6.07) is 17.6. The monoisotopic (exact) mass is 484 g/mol. The number of benzene rings is 2. The van der Waals surface area contributed by atoms with Crippen LogP contribution < -0.4 is 20.3 Å². The molecule has 0 saturated heterocycles. The van der Waals surface area contributed by atoms with E-state index < -0.39 is 17.3 Å². The Morgan fingerprint density at radius 2 is 1.83 bits per heavy atom. The van der Waals surface area contributed by atoms with Crippen LogP contribution in [-0.2, 0) is 11.3 Å². The third-order valence-electron chi connectivity index (χ3n) is 5.34. The van der Waals surface area contributed by atoms with Gasteiger partial charge in [-0.3, -0.25) is 14.0 Å². The van der Waals surface area contributed by atoms with Gasteiger partial charge in [-0.05, 0) is 66.6 Å². The molecule has 0 radical (unpaired) electrons. The Hall–Kier alpha value is -4.97. The summed E-state index contributed by atoms with van der Waals surface area (Å²) in [7, 11) is 1.56. The highest BCUT2D eigenvalue weighted by Crippen LogP contribution is 2.25. The minimum Gasteiger partial charge on any atom is -0.497 e. The molecule has 4 aromatic rings. The molecule has 36 heavy (non-hydrogen) atoms. The minimum atomic E-state index is -0.671. The van der Waals surface area contributed by atoms with Gasteiger partial charge in [0.1, 0.15) is 40.2 Å². The second-order valence-electron chi connectivity index (χ2n) is 7.78. The van der Waals surface area contributed by atoms with E-state index in [1.165, 1.54) is 34.9 Å². The van der Waals surface area contributed by atoms with Crippen molar-refractivity contribution in [3.05, 3.63) is 105 Å². The van der Waals surface area contributed by atoms with Crippen LogP contribution in [0, 0.1) is 24.1 Å². The molecule has 1 amide bonds. The van der Waals surface area contributed by atoms with E-state index >= 15 is 0 Å². The molecule has 2 heterocycles. The summed E-state index contributed by atoms with van der Waals surface area (Å²) in [4.78, 5) is 30.6. The van der Waals surface area contributed by atoms with E-state index in [1.54, 1.807) is 50.4 Å². The van der Waals surface area contributed by atoms with E-state index in [-0.39, 0.29) is 29.3 Å². The van der Waals surface area contributed by atoms with E-state index in [2.05, 4.69) is 10.3 Å². The summed E-state index contributed by atoms with van der Waals surface area (Å²) in [6.45, 7) is 1.95. The highest BCUT2D eigenvalue weighted by Gasteiger charge is 2.18. The second kappa shape index (κ2) is 10.5. The van der Waals surface area contributed by atoms with Crippen molar-refractivity contribution in [3.63, 3.8) is 0 Å². The van der Waals surface area contributed by atoms with Crippen molar-refractivity contribution in [2.45, 2.75) is 13.5 Å². The smallest absolute Gasteiger partial charge is 0.269 e. The number of methoxy groups -OCH3 is 1. The average molecular weight is 484 g/mol. The van der Waals surface area contributed by atoms with Crippen LogP contribution in [0.1, 0.15) is 16.7 Å². The topological polar surface area (TPSA) is 106 Å². The van der Waals surface area contributed by atoms with Gasteiger partial charge in [0.05, 0.1) is 7.11 Å². The zero-order valence-electron chi connectivity index (χ0n) is 19.5. The van der Waals surface area contributed by atoms with Crippen LogP contribution in [0.4, 0.5) is 4.39 Å². The zero-order chi connectivity index (χ0) is 25.7.